The molecule has 0 spiro atoms. The molecule has 3 aromatic rings. The largest absolute Gasteiger partial charge is 0.359 e. The van der Waals surface area contributed by atoms with Crippen LogP contribution < -0.4 is 16.1 Å². The third-order valence-electron chi connectivity index (χ3n) is 5.63. The molecule has 0 fully saturated rings. The van der Waals surface area contributed by atoms with Crippen molar-refractivity contribution in [3.63, 3.8) is 0 Å². The Hall–Kier alpha value is -4.50. The maximum absolute atomic E-state index is 13.2. The number of hydroxylamine groups is 1. The molecular weight excluding hydrogens is 460 g/mol. The van der Waals surface area contributed by atoms with Crippen LogP contribution in [0.15, 0.2) is 66.7 Å². The molecule has 0 radical (unpaired) electrons. The van der Waals surface area contributed by atoms with Gasteiger partial charge in [-0.15, -0.1) is 0 Å². The highest BCUT2D eigenvalue weighted by Crippen LogP contribution is 2.27. The van der Waals surface area contributed by atoms with E-state index < -0.39 is 5.91 Å². The first-order valence-electron chi connectivity index (χ1n) is 11.3. The summed E-state index contributed by atoms with van der Waals surface area (Å²) in [5.41, 5.74) is 5.41. The zero-order valence-electron chi connectivity index (χ0n) is 20.3. The van der Waals surface area contributed by atoms with Gasteiger partial charge in [-0.1, -0.05) is 29.8 Å². The van der Waals surface area contributed by atoms with Gasteiger partial charge < -0.3 is 15.5 Å². The van der Waals surface area contributed by atoms with E-state index in [9.17, 15) is 19.2 Å². The highest BCUT2D eigenvalue weighted by atomic mass is 16.5. The second-order valence-electron chi connectivity index (χ2n) is 8.29. The molecule has 36 heavy (non-hydrogen) atoms. The van der Waals surface area contributed by atoms with Gasteiger partial charge in [0.05, 0.1) is 0 Å². The van der Waals surface area contributed by atoms with Crippen LogP contribution in [0.25, 0.3) is 11.1 Å². The van der Waals surface area contributed by atoms with E-state index in [2.05, 4.69) is 10.6 Å². The summed E-state index contributed by atoms with van der Waals surface area (Å²) in [6.07, 6.45) is 0.157. The first kappa shape index (κ1) is 26.1. The molecule has 0 aliphatic carbocycles. The number of amides is 4. The van der Waals surface area contributed by atoms with E-state index in [0.29, 0.717) is 27.9 Å². The molecule has 0 heterocycles. The number of nitrogens with one attached hydrogen (secondary N) is 3. The van der Waals surface area contributed by atoms with Crippen LogP contribution in [-0.2, 0) is 4.79 Å². The Labute approximate surface area is 209 Å². The zero-order valence-corrected chi connectivity index (χ0v) is 20.3. The fraction of sp³-hybridized carbons (Fsp3) is 0.185. The van der Waals surface area contributed by atoms with Gasteiger partial charge in [-0.05, 0) is 60.5 Å². The maximum Gasteiger partial charge on any atom is 0.274 e. The molecule has 9 heteroatoms. The van der Waals surface area contributed by atoms with Gasteiger partial charge in [0.15, 0.2) is 0 Å². The third-order valence-corrected chi connectivity index (χ3v) is 5.63. The van der Waals surface area contributed by atoms with Crippen molar-refractivity contribution in [1.82, 2.24) is 15.7 Å². The van der Waals surface area contributed by atoms with Crippen LogP contribution >= 0.6 is 0 Å². The first-order valence-corrected chi connectivity index (χ1v) is 11.3. The lowest BCUT2D eigenvalue weighted by atomic mass is 9.99. The highest BCUT2D eigenvalue weighted by Gasteiger charge is 2.17. The van der Waals surface area contributed by atoms with E-state index in [1.807, 2.05) is 19.1 Å². The van der Waals surface area contributed by atoms with Crippen molar-refractivity contribution in [3.8, 4) is 11.1 Å². The van der Waals surface area contributed by atoms with Gasteiger partial charge in [0.2, 0.25) is 5.91 Å². The fourth-order valence-electron chi connectivity index (χ4n) is 3.49. The number of benzene rings is 3. The molecule has 0 saturated carbocycles. The lowest BCUT2D eigenvalue weighted by molar-refractivity contribution is -0.120. The van der Waals surface area contributed by atoms with Crippen LogP contribution in [0, 0.1) is 6.92 Å². The molecule has 0 atom stereocenters. The summed E-state index contributed by atoms with van der Waals surface area (Å²) in [5, 5.41) is 14.2. The van der Waals surface area contributed by atoms with Crippen molar-refractivity contribution in [2.45, 2.75) is 13.3 Å². The van der Waals surface area contributed by atoms with E-state index >= 15 is 0 Å². The van der Waals surface area contributed by atoms with Crippen LogP contribution in [0.4, 0.5) is 5.69 Å². The average Bonchev–Trinajstić information content (AvgIpc) is 2.90. The second kappa shape index (κ2) is 11.8. The number of nitrogens with zero attached hydrogens (tertiary/aromatic N) is 1. The smallest absolute Gasteiger partial charge is 0.274 e. The number of carbonyl (C=O) groups excluding carboxylic acids is 4. The normalized spacial score (nSPS) is 10.3. The molecule has 3 rings (SSSR count). The number of rotatable bonds is 8. The predicted octanol–water partition coefficient (Wildman–Crippen LogP) is 3.24. The molecule has 4 N–H and O–H groups in total. The topological polar surface area (TPSA) is 128 Å². The van der Waals surface area contributed by atoms with Crippen molar-refractivity contribution in [2.75, 3.05) is 26.0 Å². The van der Waals surface area contributed by atoms with E-state index in [4.69, 9.17) is 5.21 Å². The Morgan fingerprint density at radius 2 is 1.42 bits per heavy atom. The molecule has 0 bridgehead atoms. The van der Waals surface area contributed by atoms with Crippen LogP contribution in [0.5, 0.6) is 0 Å². The molecule has 3 aromatic carbocycles. The van der Waals surface area contributed by atoms with Gasteiger partial charge in [0.25, 0.3) is 17.7 Å². The minimum absolute atomic E-state index is 0.157. The summed E-state index contributed by atoms with van der Waals surface area (Å²) in [5.74, 6) is -1.47. The molecule has 0 saturated heterocycles. The molecule has 186 valence electrons. The third kappa shape index (κ3) is 6.55. The Morgan fingerprint density at radius 3 is 2.03 bits per heavy atom. The van der Waals surface area contributed by atoms with Crippen molar-refractivity contribution in [3.05, 3.63) is 89.0 Å². The molecule has 9 nitrogen and oxygen atoms in total. The average molecular weight is 489 g/mol. The van der Waals surface area contributed by atoms with Crippen molar-refractivity contribution in [1.29, 1.82) is 0 Å². The van der Waals surface area contributed by atoms with Crippen LogP contribution in [0.1, 0.15) is 43.1 Å². The molecule has 0 aliphatic rings. The van der Waals surface area contributed by atoms with E-state index in [-0.39, 0.29) is 36.3 Å². The number of hydrogen-bond acceptors (Lipinski definition) is 5. The van der Waals surface area contributed by atoms with Gasteiger partial charge in [-0.2, -0.15) is 0 Å². The highest BCUT2D eigenvalue weighted by molar-refractivity contribution is 6.06. The predicted molar refractivity (Wildman–Crippen MR) is 136 cm³/mol. The summed E-state index contributed by atoms with van der Waals surface area (Å²) in [6, 6.07) is 18.5. The summed E-state index contributed by atoms with van der Waals surface area (Å²) >= 11 is 0. The monoisotopic (exact) mass is 488 g/mol. The van der Waals surface area contributed by atoms with Crippen molar-refractivity contribution >= 4 is 29.3 Å². The van der Waals surface area contributed by atoms with Gasteiger partial charge in [-0.3, -0.25) is 24.4 Å². The van der Waals surface area contributed by atoms with Crippen LogP contribution in [-0.4, -0.2) is 54.4 Å². The fourth-order valence-corrected chi connectivity index (χ4v) is 3.49. The maximum atomic E-state index is 13.2. The van der Waals surface area contributed by atoms with Gasteiger partial charge >= 0.3 is 0 Å². The summed E-state index contributed by atoms with van der Waals surface area (Å²) in [7, 11) is 3.14. The van der Waals surface area contributed by atoms with E-state index in [1.165, 1.54) is 24.1 Å². The number of hydrogen-bond donors (Lipinski definition) is 4. The van der Waals surface area contributed by atoms with E-state index in [0.717, 1.165) is 5.56 Å². The Bertz CT molecular complexity index is 1270. The van der Waals surface area contributed by atoms with Crippen LogP contribution in [0.3, 0.4) is 0 Å². The van der Waals surface area contributed by atoms with Gasteiger partial charge in [0, 0.05) is 49.4 Å². The lowest BCUT2D eigenvalue weighted by Gasteiger charge is -2.18. The SMILES string of the molecule is CNC(=O)CCN(C)C(=O)c1cc(NC(=O)c2ccc(C)cc2)cc(-c2ccc(C(=O)NO)cc2)c1. The number of carbonyl (C=O) groups is 4. The number of anilines is 1. The molecule has 0 unspecified atom stereocenters. The second-order valence-corrected chi connectivity index (χ2v) is 8.29. The summed E-state index contributed by atoms with van der Waals surface area (Å²) < 4.78 is 0. The Balaban J connectivity index is 1.95. The number of aryl methyl sites for hydroxylation is 1. The lowest BCUT2D eigenvalue weighted by Crippen LogP contribution is -2.31. The van der Waals surface area contributed by atoms with Crippen molar-refractivity contribution in [2.24, 2.45) is 0 Å². The van der Waals surface area contributed by atoms with E-state index in [1.54, 1.807) is 55.0 Å². The zero-order chi connectivity index (χ0) is 26.2. The molecule has 4 amide bonds. The minimum atomic E-state index is -0.644. The summed E-state index contributed by atoms with van der Waals surface area (Å²) in [4.78, 5) is 50.7. The Kier molecular flexibility index (Phi) is 8.53. The Morgan fingerprint density at radius 1 is 0.806 bits per heavy atom. The quantitative estimate of drug-likeness (QED) is 0.286. The molecular formula is C27H28N4O5. The molecule has 0 aliphatic heterocycles. The minimum Gasteiger partial charge on any atom is -0.359 e. The molecule has 0 aromatic heterocycles. The summed E-state index contributed by atoms with van der Waals surface area (Å²) in [6.45, 7) is 2.15. The van der Waals surface area contributed by atoms with Crippen molar-refractivity contribution < 1.29 is 24.4 Å². The van der Waals surface area contributed by atoms with Crippen LogP contribution in [0.2, 0.25) is 0 Å². The first-order chi connectivity index (χ1) is 17.2. The van der Waals surface area contributed by atoms with Gasteiger partial charge in [-0.25, -0.2) is 5.48 Å². The van der Waals surface area contributed by atoms with Gasteiger partial charge in [0.1, 0.15) is 0 Å². The standard InChI is InChI=1S/C27H28N4O5/c1-17-4-6-19(7-5-17)25(33)29-23-15-21(18-8-10-20(11-9-18)26(34)30-36)14-22(16-23)27(35)31(3)13-12-24(32)28-2/h4-11,14-16,36H,12-13H2,1-3H3,(H,28,32)(H,29,33)(H,30,34).